The van der Waals surface area contributed by atoms with E-state index in [0.717, 1.165) is 6.42 Å². The van der Waals surface area contributed by atoms with Gasteiger partial charge in [-0.25, -0.2) is 14.4 Å². The van der Waals surface area contributed by atoms with Crippen LogP contribution in [0.5, 0.6) is 11.8 Å². The maximum Gasteiger partial charge on any atom is 0.237 e. The lowest BCUT2D eigenvalue weighted by molar-refractivity contribution is -0.119. The number of hydrogen-bond acceptors (Lipinski definition) is 10. The zero-order valence-corrected chi connectivity index (χ0v) is 28.1. The van der Waals surface area contributed by atoms with Crippen LogP contribution >= 0.6 is 23.2 Å². The average Bonchev–Trinajstić information content (AvgIpc) is 3.51. The van der Waals surface area contributed by atoms with Crippen LogP contribution in [0.1, 0.15) is 30.7 Å². The van der Waals surface area contributed by atoms with Crippen LogP contribution in [0.3, 0.4) is 0 Å². The van der Waals surface area contributed by atoms with E-state index in [-0.39, 0.29) is 18.5 Å². The normalized spacial score (nSPS) is 19.7. The number of methoxy groups -OCH3 is 2. The molecule has 6 rings (SSSR count). The van der Waals surface area contributed by atoms with Crippen molar-refractivity contribution in [2.75, 3.05) is 33.9 Å². The minimum atomic E-state index is -1.31. The van der Waals surface area contributed by atoms with Crippen molar-refractivity contribution >= 4 is 29.1 Å². The van der Waals surface area contributed by atoms with Crippen molar-refractivity contribution in [2.45, 2.75) is 50.7 Å². The SMILES string of the molecule is COc1nc(-c2cccc(-c3cccc(-c4cnc(CN5CC[C@H](O)[C@H](F)C5)c(OC)n4)c3Cl)c2Cl)cnc1CNC[C@@H]1CCC(=O)N1. The van der Waals surface area contributed by atoms with Gasteiger partial charge in [-0.1, -0.05) is 59.6 Å². The highest BCUT2D eigenvalue weighted by molar-refractivity contribution is 6.39. The van der Waals surface area contributed by atoms with E-state index in [0.29, 0.717) is 106 Å². The number of benzene rings is 2. The van der Waals surface area contributed by atoms with E-state index in [9.17, 15) is 14.3 Å². The Balaban J connectivity index is 1.23. The molecule has 0 bridgehead atoms. The topological polar surface area (TPSA) is 135 Å². The second kappa shape index (κ2) is 15.1. The monoisotopic (exact) mass is 695 g/mol. The highest BCUT2D eigenvalue weighted by Crippen LogP contribution is 2.42. The van der Waals surface area contributed by atoms with Gasteiger partial charge in [-0.05, 0) is 12.8 Å². The molecule has 4 heterocycles. The van der Waals surface area contributed by atoms with Crippen LogP contribution < -0.4 is 20.1 Å². The predicted molar refractivity (Wildman–Crippen MR) is 181 cm³/mol. The van der Waals surface area contributed by atoms with Crippen LogP contribution in [0, 0.1) is 0 Å². The van der Waals surface area contributed by atoms with E-state index >= 15 is 0 Å². The van der Waals surface area contributed by atoms with Gasteiger partial charge in [0.1, 0.15) is 17.6 Å². The summed E-state index contributed by atoms with van der Waals surface area (Å²) in [6.07, 6.45) is 2.73. The van der Waals surface area contributed by atoms with Crippen molar-refractivity contribution in [3.05, 3.63) is 70.2 Å². The third kappa shape index (κ3) is 7.37. The van der Waals surface area contributed by atoms with E-state index in [2.05, 4.69) is 20.6 Å². The quantitative estimate of drug-likeness (QED) is 0.200. The van der Waals surface area contributed by atoms with E-state index in [4.69, 9.17) is 42.6 Å². The smallest absolute Gasteiger partial charge is 0.237 e. The molecule has 0 spiro atoms. The summed E-state index contributed by atoms with van der Waals surface area (Å²) >= 11 is 14.0. The molecule has 0 saturated carbocycles. The molecule has 48 heavy (non-hydrogen) atoms. The lowest BCUT2D eigenvalue weighted by Crippen LogP contribution is -2.44. The van der Waals surface area contributed by atoms with E-state index in [1.54, 1.807) is 19.5 Å². The minimum Gasteiger partial charge on any atom is -0.480 e. The van der Waals surface area contributed by atoms with Gasteiger partial charge in [-0.3, -0.25) is 19.7 Å². The molecule has 3 N–H and O–H groups in total. The number of rotatable bonds is 11. The summed E-state index contributed by atoms with van der Waals surface area (Å²) in [6.45, 7) is 2.05. The largest absolute Gasteiger partial charge is 0.480 e. The summed E-state index contributed by atoms with van der Waals surface area (Å²) in [5, 5.41) is 16.9. The number of nitrogens with zero attached hydrogens (tertiary/aromatic N) is 5. The molecule has 11 nitrogen and oxygen atoms in total. The van der Waals surface area contributed by atoms with Gasteiger partial charge < -0.3 is 25.2 Å². The molecule has 252 valence electrons. The number of hydrogen-bond donors (Lipinski definition) is 3. The number of alkyl halides is 1. The number of aliphatic hydroxyl groups is 1. The van der Waals surface area contributed by atoms with Gasteiger partial charge >= 0.3 is 0 Å². The van der Waals surface area contributed by atoms with Gasteiger partial charge in [0, 0.05) is 67.4 Å². The molecule has 2 fully saturated rings. The zero-order valence-electron chi connectivity index (χ0n) is 26.5. The van der Waals surface area contributed by atoms with Gasteiger partial charge in [0.25, 0.3) is 0 Å². The summed E-state index contributed by atoms with van der Waals surface area (Å²) in [4.78, 5) is 32.0. The van der Waals surface area contributed by atoms with Gasteiger partial charge in [-0.2, -0.15) is 0 Å². The Labute approximate surface area is 287 Å². The lowest BCUT2D eigenvalue weighted by Gasteiger charge is -2.31. The average molecular weight is 697 g/mol. The molecule has 1 amide bonds. The van der Waals surface area contributed by atoms with Crippen LogP contribution in [0.15, 0.2) is 48.8 Å². The summed E-state index contributed by atoms with van der Waals surface area (Å²) in [5.41, 5.74) is 4.90. The van der Waals surface area contributed by atoms with Crippen LogP contribution in [0.4, 0.5) is 4.39 Å². The Kier molecular flexibility index (Phi) is 10.7. The van der Waals surface area contributed by atoms with Crippen LogP contribution in [0.2, 0.25) is 10.0 Å². The minimum absolute atomic E-state index is 0.0736. The fourth-order valence-corrected chi connectivity index (χ4v) is 6.64. The number of carbonyl (C=O) groups excluding carboxylic acids is 1. The van der Waals surface area contributed by atoms with Crippen LogP contribution in [-0.4, -0.2) is 88.0 Å². The first kappa shape index (κ1) is 33.9. The Morgan fingerprint density at radius 3 is 2.08 bits per heavy atom. The molecule has 2 aromatic carbocycles. The molecule has 2 saturated heterocycles. The molecular formula is C34H36Cl2FN7O4. The van der Waals surface area contributed by atoms with Crippen LogP contribution in [0.25, 0.3) is 33.6 Å². The third-order valence-electron chi connectivity index (χ3n) is 8.58. The summed E-state index contributed by atoms with van der Waals surface area (Å²) in [7, 11) is 3.05. The number of likely N-dealkylation sites (tertiary alicyclic amines) is 1. The number of nitrogens with one attached hydrogen (secondary N) is 2. The summed E-state index contributed by atoms with van der Waals surface area (Å²) < 4.78 is 25.2. The number of amides is 1. The van der Waals surface area contributed by atoms with Gasteiger partial charge in [0.15, 0.2) is 0 Å². The molecule has 4 aromatic rings. The maximum absolute atomic E-state index is 14.1. The van der Waals surface area contributed by atoms with E-state index < -0.39 is 12.3 Å². The third-order valence-corrected chi connectivity index (χ3v) is 9.40. The van der Waals surface area contributed by atoms with E-state index in [1.807, 2.05) is 41.3 Å². The number of halogens is 3. The summed E-state index contributed by atoms with van der Waals surface area (Å²) in [5.74, 6) is 0.756. The Morgan fingerprint density at radius 1 is 0.938 bits per heavy atom. The molecular weight excluding hydrogens is 660 g/mol. The Hall–Kier alpha value is -3.94. The van der Waals surface area contributed by atoms with Crippen molar-refractivity contribution in [1.82, 2.24) is 35.5 Å². The molecule has 2 aliphatic rings. The highest BCUT2D eigenvalue weighted by Gasteiger charge is 2.28. The fraction of sp³-hybridized carbons (Fsp3) is 0.382. The zero-order chi connectivity index (χ0) is 33.8. The first-order chi connectivity index (χ1) is 23.2. The lowest BCUT2D eigenvalue weighted by atomic mass is 9.98. The second-order valence-corrected chi connectivity index (χ2v) is 12.6. The number of aliphatic hydroxyl groups excluding tert-OH is 1. The molecule has 2 aliphatic heterocycles. The first-order valence-electron chi connectivity index (χ1n) is 15.7. The highest BCUT2D eigenvalue weighted by atomic mass is 35.5. The number of ether oxygens (including phenoxy) is 2. The number of carbonyl (C=O) groups is 1. The standard InChI is InChI=1S/C34H36Cl2FN7O4/c1-47-33-27(14-38-13-19-9-10-30(46)41-19)39-15-25(42-33)22-7-3-5-20(31(22)35)21-6-4-8-23(32(21)36)26-16-40-28(34(43-26)48-2)18-44-12-11-29(45)24(37)17-44/h3-8,15-16,19,24,29,38,45H,9-14,17-18H2,1-2H3,(H,41,46)/t19-,24+,29-/m0/s1. The Bertz CT molecular complexity index is 1800. The van der Waals surface area contributed by atoms with Crippen molar-refractivity contribution in [3.8, 4) is 45.4 Å². The predicted octanol–water partition coefficient (Wildman–Crippen LogP) is 4.86. The van der Waals surface area contributed by atoms with Crippen molar-refractivity contribution in [3.63, 3.8) is 0 Å². The fourth-order valence-electron chi connectivity index (χ4n) is 5.99. The molecule has 0 radical (unpaired) electrons. The Morgan fingerprint density at radius 2 is 1.52 bits per heavy atom. The van der Waals surface area contributed by atoms with Crippen molar-refractivity contribution in [2.24, 2.45) is 0 Å². The molecule has 0 aliphatic carbocycles. The molecule has 3 atom stereocenters. The van der Waals surface area contributed by atoms with Crippen molar-refractivity contribution in [1.29, 1.82) is 0 Å². The first-order valence-corrected chi connectivity index (χ1v) is 16.4. The summed E-state index contributed by atoms with van der Waals surface area (Å²) in [6, 6.07) is 11.3. The molecule has 14 heteroatoms. The van der Waals surface area contributed by atoms with Gasteiger partial charge in [0.05, 0.1) is 54.2 Å². The van der Waals surface area contributed by atoms with Gasteiger partial charge in [0.2, 0.25) is 17.7 Å². The van der Waals surface area contributed by atoms with Crippen LogP contribution in [-0.2, 0) is 17.9 Å². The van der Waals surface area contributed by atoms with E-state index in [1.165, 1.54) is 7.11 Å². The maximum atomic E-state index is 14.1. The number of aromatic nitrogens is 4. The molecule has 0 unspecified atom stereocenters. The van der Waals surface area contributed by atoms with Gasteiger partial charge in [-0.15, -0.1) is 0 Å². The van der Waals surface area contributed by atoms with Crippen molar-refractivity contribution < 1.29 is 23.8 Å². The second-order valence-electron chi connectivity index (χ2n) is 11.8. The molecule has 2 aromatic heterocycles. The number of piperidine rings is 1.